The Morgan fingerprint density at radius 2 is 2.06 bits per heavy atom. The Balaban J connectivity index is 2.51. The Labute approximate surface area is 95.2 Å². The minimum atomic E-state index is -0.623. The Bertz CT molecular complexity index is 333. The van der Waals surface area contributed by atoms with Crippen molar-refractivity contribution in [2.24, 2.45) is 0 Å². The van der Waals surface area contributed by atoms with Gasteiger partial charge in [0.05, 0.1) is 19.1 Å². The summed E-state index contributed by atoms with van der Waals surface area (Å²) in [5, 5.41) is 11.7. The third kappa shape index (κ3) is 4.31. The predicted octanol–water partition coefficient (Wildman–Crippen LogP) is 1.79. The van der Waals surface area contributed by atoms with Gasteiger partial charge in [-0.05, 0) is 38.1 Å². The lowest BCUT2D eigenvalue weighted by atomic mass is 10.2. The van der Waals surface area contributed by atoms with E-state index >= 15 is 0 Å². The van der Waals surface area contributed by atoms with Crippen LogP contribution in [0.15, 0.2) is 24.3 Å². The molecule has 0 aliphatic carbocycles. The summed E-state index contributed by atoms with van der Waals surface area (Å²) in [5.41, 5.74) is 0.703. The fourth-order valence-corrected chi connectivity index (χ4v) is 1.28. The Morgan fingerprint density at radius 1 is 1.44 bits per heavy atom. The maximum absolute atomic E-state index is 11.3. The third-order valence-corrected chi connectivity index (χ3v) is 1.93. The average molecular weight is 223 g/mol. The summed E-state index contributed by atoms with van der Waals surface area (Å²) in [7, 11) is 0. The van der Waals surface area contributed by atoms with Gasteiger partial charge in [-0.15, -0.1) is 0 Å². The molecule has 0 spiro atoms. The van der Waals surface area contributed by atoms with E-state index in [4.69, 9.17) is 9.84 Å². The summed E-state index contributed by atoms with van der Waals surface area (Å²) in [6.07, 6.45) is -0.518. The summed E-state index contributed by atoms with van der Waals surface area (Å²) in [4.78, 5) is 11.3. The van der Waals surface area contributed by atoms with Crippen LogP contribution in [0, 0.1) is 0 Å². The summed E-state index contributed by atoms with van der Waals surface area (Å²) < 4.78 is 5.28. The SMILES string of the molecule is CCOc1ccc(NC(=O)C[C@H](C)O)cc1. The molecule has 0 saturated heterocycles. The van der Waals surface area contributed by atoms with E-state index in [-0.39, 0.29) is 12.3 Å². The highest BCUT2D eigenvalue weighted by Crippen LogP contribution is 2.15. The molecule has 0 radical (unpaired) electrons. The summed E-state index contributed by atoms with van der Waals surface area (Å²) >= 11 is 0. The van der Waals surface area contributed by atoms with Crippen LogP contribution in [0.4, 0.5) is 5.69 Å². The predicted molar refractivity (Wildman–Crippen MR) is 62.5 cm³/mol. The number of benzene rings is 1. The van der Waals surface area contributed by atoms with Crippen LogP contribution in [0.2, 0.25) is 0 Å². The molecular weight excluding hydrogens is 206 g/mol. The van der Waals surface area contributed by atoms with Gasteiger partial charge in [-0.2, -0.15) is 0 Å². The number of ether oxygens (including phenoxy) is 1. The van der Waals surface area contributed by atoms with Crippen molar-refractivity contribution < 1.29 is 14.6 Å². The molecule has 0 aliphatic rings. The third-order valence-electron chi connectivity index (χ3n) is 1.93. The lowest BCUT2D eigenvalue weighted by Gasteiger charge is -2.08. The molecule has 88 valence electrons. The smallest absolute Gasteiger partial charge is 0.226 e. The first-order chi connectivity index (χ1) is 7.61. The van der Waals surface area contributed by atoms with Crippen LogP contribution in [-0.4, -0.2) is 23.7 Å². The van der Waals surface area contributed by atoms with E-state index in [1.54, 1.807) is 31.2 Å². The highest BCUT2D eigenvalue weighted by atomic mass is 16.5. The number of carbonyl (C=O) groups is 1. The van der Waals surface area contributed by atoms with Gasteiger partial charge in [0, 0.05) is 5.69 Å². The van der Waals surface area contributed by atoms with Gasteiger partial charge >= 0.3 is 0 Å². The monoisotopic (exact) mass is 223 g/mol. The summed E-state index contributed by atoms with van der Waals surface area (Å²) in [6.45, 7) is 4.11. The van der Waals surface area contributed by atoms with E-state index in [0.29, 0.717) is 12.3 Å². The highest BCUT2D eigenvalue weighted by molar-refractivity contribution is 5.90. The normalized spacial score (nSPS) is 11.9. The number of carbonyl (C=O) groups excluding carboxylic acids is 1. The van der Waals surface area contributed by atoms with Crippen LogP contribution in [0.25, 0.3) is 0 Å². The summed E-state index contributed by atoms with van der Waals surface area (Å²) in [5.74, 6) is 0.579. The lowest BCUT2D eigenvalue weighted by Crippen LogP contribution is -2.17. The molecule has 1 aromatic rings. The van der Waals surface area contributed by atoms with E-state index in [1.165, 1.54) is 0 Å². The molecule has 4 nitrogen and oxygen atoms in total. The summed E-state index contributed by atoms with van der Waals surface area (Å²) in [6, 6.07) is 7.12. The molecular formula is C12H17NO3. The number of rotatable bonds is 5. The van der Waals surface area contributed by atoms with E-state index in [2.05, 4.69) is 5.32 Å². The van der Waals surface area contributed by atoms with E-state index < -0.39 is 6.10 Å². The maximum Gasteiger partial charge on any atom is 0.226 e. The second kappa shape index (κ2) is 6.12. The van der Waals surface area contributed by atoms with Gasteiger partial charge in [-0.3, -0.25) is 4.79 Å². The van der Waals surface area contributed by atoms with Crippen molar-refractivity contribution in [3.8, 4) is 5.75 Å². The van der Waals surface area contributed by atoms with E-state index in [0.717, 1.165) is 5.75 Å². The Hall–Kier alpha value is -1.55. The van der Waals surface area contributed by atoms with Gasteiger partial charge in [0.1, 0.15) is 5.75 Å². The van der Waals surface area contributed by atoms with Gasteiger partial charge < -0.3 is 15.2 Å². The zero-order valence-corrected chi connectivity index (χ0v) is 9.56. The minimum Gasteiger partial charge on any atom is -0.494 e. The molecule has 16 heavy (non-hydrogen) atoms. The van der Waals surface area contributed by atoms with Crippen molar-refractivity contribution in [1.29, 1.82) is 0 Å². The maximum atomic E-state index is 11.3. The molecule has 0 saturated carbocycles. The fraction of sp³-hybridized carbons (Fsp3) is 0.417. The van der Waals surface area contributed by atoms with E-state index in [1.807, 2.05) is 6.92 Å². The minimum absolute atomic E-state index is 0.104. The largest absolute Gasteiger partial charge is 0.494 e. The zero-order valence-electron chi connectivity index (χ0n) is 9.56. The molecule has 1 amide bonds. The van der Waals surface area contributed by atoms with Crippen molar-refractivity contribution in [2.45, 2.75) is 26.4 Å². The Kier molecular flexibility index (Phi) is 4.79. The van der Waals surface area contributed by atoms with Gasteiger partial charge in [-0.1, -0.05) is 0 Å². The lowest BCUT2D eigenvalue weighted by molar-refractivity contribution is -0.117. The van der Waals surface area contributed by atoms with Crippen LogP contribution in [0.5, 0.6) is 5.75 Å². The molecule has 0 heterocycles. The first-order valence-electron chi connectivity index (χ1n) is 5.32. The van der Waals surface area contributed by atoms with Crippen molar-refractivity contribution in [2.75, 3.05) is 11.9 Å². The first kappa shape index (κ1) is 12.5. The van der Waals surface area contributed by atoms with E-state index in [9.17, 15) is 4.79 Å². The van der Waals surface area contributed by atoms with Gasteiger partial charge in [-0.25, -0.2) is 0 Å². The van der Waals surface area contributed by atoms with Crippen molar-refractivity contribution in [1.82, 2.24) is 0 Å². The van der Waals surface area contributed by atoms with Crippen LogP contribution >= 0.6 is 0 Å². The molecule has 0 aromatic heterocycles. The standard InChI is InChI=1S/C12H17NO3/c1-3-16-11-6-4-10(5-7-11)13-12(15)8-9(2)14/h4-7,9,14H,3,8H2,1-2H3,(H,13,15)/t9-/m0/s1. The number of anilines is 1. The van der Waals surface area contributed by atoms with Crippen LogP contribution in [-0.2, 0) is 4.79 Å². The zero-order chi connectivity index (χ0) is 12.0. The second-order valence-electron chi connectivity index (χ2n) is 3.56. The van der Waals surface area contributed by atoms with Crippen molar-refractivity contribution >= 4 is 11.6 Å². The topological polar surface area (TPSA) is 58.6 Å². The molecule has 0 bridgehead atoms. The van der Waals surface area contributed by atoms with Crippen molar-refractivity contribution in [3.05, 3.63) is 24.3 Å². The molecule has 2 N–H and O–H groups in total. The number of aliphatic hydroxyl groups is 1. The number of amides is 1. The molecule has 0 aliphatic heterocycles. The molecule has 1 atom stereocenters. The highest BCUT2D eigenvalue weighted by Gasteiger charge is 2.06. The van der Waals surface area contributed by atoms with Gasteiger partial charge in [0.2, 0.25) is 5.91 Å². The molecule has 0 unspecified atom stereocenters. The van der Waals surface area contributed by atoms with Gasteiger partial charge in [0.25, 0.3) is 0 Å². The van der Waals surface area contributed by atoms with Crippen LogP contribution < -0.4 is 10.1 Å². The molecule has 1 aromatic carbocycles. The molecule has 1 rings (SSSR count). The second-order valence-corrected chi connectivity index (χ2v) is 3.56. The molecule has 0 fully saturated rings. The number of aliphatic hydroxyl groups excluding tert-OH is 1. The first-order valence-corrected chi connectivity index (χ1v) is 5.32. The Morgan fingerprint density at radius 3 is 2.56 bits per heavy atom. The molecule has 4 heteroatoms. The van der Waals surface area contributed by atoms with Crippen molar-refractivity contribution in [3.63, 3.8) is 0 Å². The quantitative estimate of drug-likeness (QED) is 0.800. The number of nitrogens with one attached hydrogen (secondary N) is 1. The average Bonchev–Trinajstić information content (AvgIpc) is 2.20. The van der Waals surface area contributed by atoms with Gasteiger partial charge in [0.15, 0.2) is 0 Å². The number of hydrogen-bond donors (Lipinski definition) is 2. The van der Waals surface area contributed by atoms with Crippen LogP contribution in [0.3, 0.4) is 0 Å². The number of hydrogen-bond acceptors (Lipinski definition) is 3. The fourth-order valence-electron chi connectivity index (χ4n) is 1.28. The van der Waals surface area contributed by atoms with Crippen LogP contribution in [0.1, 0.15) is 20.3 Å².